The van der Waals surface area contributed by atoms with Crippen LogP contribution in [0.5, 0.6) is 5.75 Å². The number of allylic oxidation sites excluding steroid dienone is 1. The van der Waals surface area contributed by atoms with Crippen molar-refractivity contribution in [1.29, 1.82) is 0 Å². The molecule has 0 spiro atoms. The fraction of sp³-hybridized carbons (Fsp3) is 0.835. The Labute approximate surface area is 674 Å². The molecule has 38 nitrogen and oxygen atoms in total. The summed E-state index contributed by atoms with van der Waals surface area (Å²) in [5.41, 5.74) is -8.04. The van der Waals surface area contributed by atoms with Gasteiger partial charge in [0.05, 0.1) is 82.0 Å². The minimum atomic E-state index is -2.35. The number of hydrogen-bond donors (Lipinski definition) is 19. The summed E-state index contributed by atoms with van der Waals surface area (Å²) in [5.74, 6) is -4.68. The van der Waals surface area contributed by atoms with Crippen molar-refractivity contribution in [3.05, 3.63) is 47.6 Å². The number of ether oxygens (including phenoxy) is 16. The SMILES string of the molecule is COc1ccc(C=CC(=O)OC2C(C)OC(OC(=O)C34CCC(C)(C)CC3C3=CCC5C6(C)CC(O)C(OC7OC(CO)C(O)C(O)C7O)C(C)(C(=O)O)C6CCC5(C)C3(CO)CC4)C(OC3OC(C)C(OC4OCC(O)C(OC5OCC(O)C(O)C5O)C4O)C(OC4OCC(O)(CO)C4O)C3O)C2OC2OC(C)C(O)C(O)C2O)cc1. The number of carboxylic acid groups (broad SMARTS) is 1. The van der Waals surface area contributed by atoms with E-state index in [0.29, 0.717) is 30.6 Å². The molecule has 38 heteroatoms. The van der Waals surface area contributed by atoms with Crippen molar-refractivity contribution in [3.8, 4) is 5.75 Å². The molecule has 7 heterocycles. The molecule has 13 rings (SSSR count). The van der Waals surface area contributed by atoms with E-state index >= 15 is 4.79 Å². The summed E-state index contributed by atoms with van der Waals surface area (Å²) in [6.45, 7) is 9.51. The molecule has 41 unspecified atom stereocenters. The Kier molecular flexibility index (Phi) is 26.8. The van der Waals surface area contributed by atoms with Gasteiger partial charge < -0.3 is 173 Å². The largest absolute Gasteiger partial charge is 0.497 e. The van der Waals surface area contributed by atoms with Crippen LogP contribution in [-0.4, -0.2) is 364 Å². The number of aliphatic carboxylic acids is 1. The molecule has 662 valence electrons. The first-order valence-electron chi connectivity index (χ1n) is 40.3. The van der Waals surface area contributed by atoms with Crippen molar-refractivity contribution in [2.24, 2.45) is 50.2 Å². The van der Waals surface area contributed by atoms with E-state index in [0.717, 1.165) is 11.6 Å². The molecule has 4 saturated carbocycles. The molecule has 1 aromatic carbocycles. The second kappa shape index (κ2) is 34.7. The summed E-state index contributed by atoms with van der Waals surface area (Å²) in [6.07, 6.45) is -51.5. The summed E-state index contributed by atoms with van der Waals surface area (Å²) in [6, 6.07) is 6.58. The molecule has 7 saturated heterocycles. The highest BCUT2D eigenvalue weighted by Crippen LogP contribution is 2.76. The number of aliphatic hydroxyl groups excluding tert-OH is 17. The minimum absolute atomic E-state index is 0.0454. The lowest BCUT2D eigenvalue weighted by atomic mass is 9.33. The van der Waals surface area contributed by atoms with Crippen LogP contribution in [0.4, 0.5) is 0 Å². The molecule has 19 N–H and O–H groups in total. The Balaban J connectivity index is 0.859. The van der Waals surface area contributed by atoms with Gasteiger partial charge in [0.25, 0.3) is 0 Å². The van der Waals surface area contributed by atoms with Crippen LogP contribution in [0.1, 0.15) is 119 Å². The van der Waals surface area contributed by atoms with Gasteiger partial charge in [-0.2, -0.15) is 0 Å². The molecule has 0 radical (unpaired) electrons. The van der Waals surface area contributed by atoms with Crippen LogP contribution in [0.3, 0.4) is 0 Å². The lowest BCUT2D eigenvalue weighted by Crippen LogP contribution is -2.71. The number of benzene rings is 1. The molecular formula is C79H118O38. The number of hydrogen-bond acceptors (Lipinski definition) is 37. The van der Waals surface area contributed by atoms with Gasteiger partial charge in [-0.15, -0.1) is 0 Å². The van der Waals surface area contributed by atoms with Gasteiger partial charge in [-0.1, -0.05) is 51.5 Å². The molecule has 1 aromatic rings. The number of methoxy groups -OCH3 is 1. The third-order valence-corrected chi connectivity index (χ3v) is 28.4. The monoisotopic (exact) mass is 1670 g/mol. The fourth-order valence-electron chi connectivity index (χ4n) is 21.4. The summed E-state index contributed by atoms with van der Waals surface area (Å²) in [7, 11) is 1.47. The fourth-order valence-corrected chi connectivity index (χ4v) is 21.4. The molecule has 0 aromatic heterocycles. The lowest BCUT2D eigenvalue weighted by molar-refractivity contribution is -0.398. The zero-order chi connectivity index (χ0) is 85.0. The summed E-state index contributed by atoms with van der Waals surface area (Å²) < 4.78 is 98.7. The molecule has 11 fully saturated rings. The predicted octanol–water partition coefficient (Wildman–Crippen LogP) is -4.28. The van der Waals surface area contributed by atoms with Gasteiger partial charge in [0.15, 0.2) is 49.9 Å². The quantitative estimate of drug-likeness (QED) is 0.0226. The first kappa shape index (κ1) is 90.4. The number of carboxylic acids is 1. The molecule has 41 atom stereocenters. The van der Waals surface area contributed by atoms with E-state index in [4.69, 9.17) is 75.8 Å². The summed E-state index contributed by atoms with van der Waals surface area (Å²) >= 11 is 0. The van der Waals surface area contributed by atoms with E-state index in [1.54, 1.807) is 24.3 Å². The molecule has 0 bridgehead atoms. The maximum atomic E-state index is 16.6. The zero-order valence-electron chi connectivity index (χ0n) is 66.6. The van der Waals surface area contributed by atoms with Gasteiger partial charge in [0.1, 0.15) is 127 Å². The van der Waals surface area contributed by atoms with E-state index in [1.165, 1.54) is 40.9 Å². The maximum Gasteiger partial charge on any atom is 0.331 e. The van der Waals surface area contributed by atoms with Gasteiger partial charge >= 0.3 is 17.9 Å². The van der Waals surface area contributed by atoms with Crippen molar-refractivity contribution in [3.63, 3.8) is 0 Å². The van der Waals surface area contributed by atoms with Crippen molar-refractivity contribution < 1.29 is 187 Å². The van der Waals surface area contributed by atoms with Crippen molar-refractivity contribution in [1.82, 2.24) is 0 Å². The van der Waals surface area contributed by atoms with Gasteiger partial charge in [0, 0.05) is 11.5 Å². The first-order chi connectivity index (χ1) is 55.1. The van der Waals surface area contributed by atoms with Gasteiger partial charge in [-0.05, 0) is 143 Å². The van der Waals surface area contributed by atoms with E-state index in [1.807, 2.05) is 13.0 Å². The predicted molar refractivity (Wildman–Crippen MR) is 389 cm³/mol. The third-order valence-electron chi connectivity index (χ3n) is 28.4. The van der Waals surface area contributed by atoms with Crippen LogP contribution < -0.4 is 4.74 Å². The summed E-state index contributed by atoms with van der Waals surface area (Å²) in [4.78, 5) is 45.2. The van der Waals surface area contributed by atoms with E-state index in [-0.39, 0.29) is 38.5 Å². The average molecular weight is 1680 g/mol. The number of fused-ring (bicyclic) bond motifs is 7. The third kappa shape index (κ3) is 16.1. The van der Waals surface area contributed by atoms with Gasteiger partial charge in [0.2, 0.25) is 6.29 Å². The second-order valence-corrected chi connectivity index (χ2v) is 35.8. The lowest BCUT2D eigenvalue weighted by Gasteiger charge is -2.71. The second-order valence-electron chi connectivity index (χ2n) is 35.8. The molecular weight excluding hydrogens is 1560 g/mol. The van der Waals surface area contributed by atoms with Gasteiger partial charge in [-0.25, -0.2) is 4.79 Å². The van der Waals surface area contributed by atoms with E-state index < -0.39 is 310 Å². The molecule has 0 amide bonds. The first-order valence-corrected chi connectivity index (χ1v) is 40.3. The minimum Gasteiger partial charge on any atom is -0.497 e. The highest BCUT2D eigenvalue weighted by atomic mass is 16.8. The van der Waals surface area contributed by atoms with Crippen LogP contribution in [0.15, 0.2) is 42.0 Å². The number of rotatable bonds is 22. The Hall–Kier alpha value is -4.33. The van der Waals surface area contributed by atoms with Crippen LogP contribution in [0, 0.1) is 50.2 Å². The number of carbonyl (C=O) groups excluding carboxylic acids is 2. The Morgan fingerprint density at radius 2 is 1.09 bits per heavy atom. The highest BCUT2D eigenvalue weighted by Gasteiger charge is 2.74. The average Bonchev–Trinajstić information content (AvgIpc) is 0.768. The summed E-state index contributed by atoms with van der Waals surface area (Å²) in [5, 5.41) is 214. The number of carbonyl (C=O) groups is 3. The van der Waals surface area contributed by atoms with Gasteiger partial charge in [-0.3, -0.25) is 9.59 Å². The molecule has 12 aliphatic rings. The van der Waals surface area contributed by atoms with E-state index in [2.05, 4.69) is 20.8 Å². The molecule has 5 aliphatic carbocycles. The molecule has 7 aliphatic heterocycles. The highest BCUT2D eigenvalue weighted by molar-refractivity contribution is 5.87. The van der Waals surface area contributed by atoms with Crippen molar-refractivity contribution >= 4 is 24.0 Å². The maximum absolute atomic E-state index is 16.6. The Morgan fingerprint density at radius 3 is 1.74 bits per heavy atom. The normalized spacial score (nSPS) is 50.5. The van der Waals surface area contributed by atoms with Crippen LogP contribution in [0.25, 0.3) is 6.08 Å². The van der Waals surface area contributed by atoms with Crippen molar-refractivity contribution in [2.75, 3.05) is 46.8 Å². The number of esters is 2. The molecule has 117 heavy (non-hydrogen) atoms. The van der Waals surface area contributed by atoms with Crippen LogP contribution >= 0.6 is 0 Å². The van der Waals surface area contributed by atoms with Crippen molar-refractivity contribution in [2.45, 2.75) is 315 Å². The standard InChI is InChI=1S/C79H118O38/c1-32-46(87)49(90)52(93)66(106-32)114-60-57(110-45(86)17-12-35-10-13-36(102-9)14-11-35)34(3)108-69(61(60)115-68-55(96)59(113-70-62(97)79(101,30-82)31-105-70)56(33(2)107-68)111-65-54(95)58(41(85)28-104-65)112-64-51(92)47(88)40(84)27-103-64)117-72(100)77-21-20-73(4,5)24-38(77)37-15-16-43-74(6)25-39(83)63(116-67-53(94)50(91)48(89)42(26-80)109-67)76(8,71(98)99)44(74)18-19-75(43,7)78(37,29-81)23-22-77/h10-15,17,32-34,38-44,46-70,80-85,87-97,101H,16,18-31H2,1-9H3,(H,98,99). The number of aliphatic hydroxyl groups is 18. The topological polar surface area (TPSA) is 583 Å². The van der Waals surface area contributed by atoms with E-state index in [9.17, 15) is 107 Å². The zero-order valence-corrected chi connectivity index (χ0v) is 66.6. The Bertz CT molecular complexity index is 3670. The van der Waals surface area contributed by atoms with Crippen LogP contribution in [-0.2, 0) is 85.4 Å². The Morgan fingerprint density at radius 1 is 0.521 bits per heavy atom. The van der Waals surface area contributed by atoms with Crippen LogP contribution in [0.2, 0.25) is 0 Å². The smallest absolute Gasteiger partial charge is 0.331 e.